The average molecular weight is 381 g/mol. The van der Waals surface area contributed by atoms with Crippen LogP contribution in [0.3, 0.4) is 0 Å². The van der Waals surface area contributed by atoms with Gasteiger partial charge < -0.3 is 4.57 Å². The molecule has 3 rings (SSSR count). The number of aromatic nitrogens is 2. The van der Waals surface area contributed by atoms with E-state index in [0.29, 0.717) is 17.9 Å². The van der Waals surface area contributed by atoms with Gasteiger partial charge in [0.1, 0.15) is 5.82 Å². The fourth-order valence-corrected chi connectivity index (χ4v) is 3.93. The highest BCUT2D eigenvalue weighted by atomic mass is 79.9. The number of aryl methyl sites for hydroxylation is 1. The number of fused-ring (bicyclic) bond motifs is 1. The third-order valence-electron chi connectivity index (χ3n) is 3.22. The molecule has 0 fully saturated rings. The molecule has 0 amide bonds. The standard InChI is InChI=1S/C15H11BrClN3S/c16-14-4-2-11(21-14)9-20-13-7-10(8-18)1-3-12(13)19-15(20)5-6-17/h1-4,7H,5-6,9H2. The number of alkyl halides is 1. The molecule has 106 valence electrons. The van der Waals surface area contributed by atoms with Crippen LogP contribution in [0.1, 0.15) is 16.3 Å². The van der Waals surface area contributed by atoms with Crippen LogP contribution in [-0.4, -0.2) is 15.4 Å². The summed E-state index contributed by atoms with van der Waals surface area (Å²) in [7, 11) is 0. The van der Waals surface area contributed by atoms with E-state index in [1.165, 1.54) is 4.88 Å². The van der Waals surface area contributed by atoms with E-state index in [9.17, 15) is 0 Å². The Labute approximate surface area is 139 Å². The maximum atomic E-state index is 9.09. The van der Waals surface area contributed by atoms with Crippen LogP contribution in [-0.2, 0) is 13.0 Å². The van der Waals surface area contributed by atoms with Crippen LogP contribution in [0.5, 0.6) is 0 Å². The van der Waals surface area contributed by atoms with Crippen LogP contribution >= 0.6 is 38.9 Å². The lowest BCUT2D eigenvalue weighted by Crippen LogP contribution is -2.05. The fourth-order valence-electron chi connectivity index (χ4n) is 2.29. The van der Waals surface area contributed by atoms with Crippen molar-refractivity contribution in [3.8, 4) is 6.07 Å². The van der Waals surface area contributed by atoms with Gasteiger partial charge in [0.15, 0.2) is 0 Å². The third-order valence-corrected chi connectivity index (χ3v) is 5.01. The average Bonchev–Trinajstić information content (AvgIpc) is 3.04. The normalized spacial score (nSPS) is 10.9. The summed E-state index contributed by atoms with van der Waals surface area (Å²) in [5, 5.41) is 9.09. The highest BCUT2D eigenvalue weighted by Crippen LogP contribution is 2.26. The number of thiophene rings is 1. The maximum absolute atomic E-state index is 9.09. The molecule has 2 aromatic heterocycles. The molecule has 21 heavy (non-hydrogen) atoms. The molecular formula is C15H11BrClN3S. The van der Waals surface area contributed by atoms with Crippen LogP contribution in [0.2, 0.25) is 0 Å². The molecule has 0 spiro atoms. The van der Waals surface area contributed by atoms with E-state index in [1.54, 1.807) is 17.4 Å². The summed E-state index contributed by atoms with van der Waals surface area (Å²) in [5.41, 5.74) is 2.54. The Bertz CT molecular complexity index is 831. The molecule has 1 aromatic carbocycles. The van der Waals surface area contributed by atoms with Crippen molar-refractivity contribution in [2.45, 2.75) is 13.0 Å². The Balaban J connectivity index is 2.12. The lowest BCUT2D eigenvalue weighted by atomic mass is 10.2. The van der Waals surface area contributed by atoms with Gasteiger partial charge in [0, 0.05) is 17.2 Å². The Morgan fingerprint density at radius 3 is 2.86 bits per heavy atom. The second-order valence-corrected chi connectivity index (χ2v) is 7.50. The Hall–Kier alpha value is -1.35. The van der Waals surface area contributed by atoms with E-state index in [2.05, 4.69) is 37.6 Å². The molecule has 0 unspecified atom stereocenters. The summed E-state index contributed by atoms with van der Waals surface area (Å²) in [6.07, 6.45) is 0.713. The van der Waals surface area contributed by atoms with Crippen LogP contribution in [0.15, 0.2) is 34.1 Å². The third kappa shape index (κ3) is 2.98. The maximum Gasteiger partial charge on any atom is 0.111 e. The van der Waals surface area contributed by atoms with E-state index < -0.39 is 0 Å². The Morgan fingerprint density at radius 2 is 2.19 bits per heavy atom. The zero-order valence-corrected chi connectivity index (χ0v) is 14.2. The van der Waals surface area contributed by atoms with Gasteiger partial charge in [0.05, 0.1) is 33.0 Å². The summed E-state index contributed by atoms with van der Waals surface area (Å²) >= 11 is 11.1. The molecule has 0 saturated carbocycles. The Kier molecular flexibility index (Phi) is 4.29. The smallest absolute Gasteiger partial charge is 0.111 e. The van der Waals surface area contributed by atoms with Crippen LogP contribution in [0.25, 0.3) is 11.0 Å². The molecule has 0 atom stereocenters. The zero-order chi connectivity index (χ0) is 14.8. The number of hydrogen-bond donors (Lipinski definition) is 0. The molecule has 0 aliphatic carbocycles. The van der Waals surface area contributed by atoms with Crippen LogP contribution in [0.4, 0.5) is 0 Å². The molecule has 0 saturated heterocycles. The van der Waals surface area contributed by atoms with Crippen LogP contribution in [0, 0.1) is 11.3 Å². The predicted octanol–water partition coefficient (Wildman–Crippen LogP) is 4.56. The van der Waals surface area contributed by atoms with Crippen molar-refractivity contribution in [3.63, 3.8) is 0 Å². The van der Waals surface area contributed by atoms with Gasteiger partial charge in [0.2, 0.25) is 0 Å². The number of benzene rings is 1. The fraction of sp³-hybridized carbons (Fsp3) is 0.200. The first-order valence-electron chi connectivity index (χ1n) is 6.40. The minimum atomic E-state index is 0.530. The number of halogens is 2. The van der Waals surface area contributed by atoms with E-state index in [1.807, 2.05) is 18.2 Å². The molecule has 6 heteroatoms. The number of rotatable bonds is 4. The molecule has 0 radical (unpaired) electrons. The van der Waals surface area contributed by atoms with Crippen LogP contribution < -0.4 is 0 Å². The highest BCUT2D eigenvalue weighted by Gasteiger charge is 2.12. The molecule has 3 aromatic rings. The van der Waals surface area contributed by atoms with E-state index in [-0.39, 0.29) is 0 Å². The lowest BCUT2D eigenvalue weighted by Gasteiger charge is -2.07. The summed E-state index contributed by atoms with van der Waals surface area (Å²) in [5.74, 6) is 1.49. The van der Waals surface area contributed by atoms with Gasteiger partial charge in [-0.3, -0.25) is 0 Å². The van der Waals surface area contributed by atoms with Crippen molar-refractivity contribution in [1.82, 2.24) is 9.55 Å². The van der Waals surface area contributed by atoms with Gasteiger partial charge in [-0.05, 0) is 46.3 Å². The minimum Gasteiger partial charge on any atom is -0.323 e. The molecule has 3 nitrogen and oxygen atoms in total. The first kappa shape index (κ1) is 14.6. The lowest BCUT2D eigenvalue weighted by molar-refractivity contribution is 0.763. The first-order chi connectivity index (χ1) is 10.2. The molecule has 0 bridgehead atoms. The van der Waals surface area contributed by atoms with Crippen molar-refractivity contribution in [2.24, 2.45) is 0 Å². The Morgan fingerprint density at radius 1 is 1.33 bits per heavy atom. The summed E-state index contributed by atoms with van der Waals surface area (Å²) in [4.78, 5) is 5.88. The number of hydrogen-bond acceptors (Lipinski definition) is 3. The van der Waals surface area contributed by atoms with E-state index in [4.69, 9.17) is 16.9 Å². The van der Waals surface area contributed by atoms with E-state index in [0.717, 1.165) is 27.2 Å². The quantitative estimate of drug-likeness (QED) is 0.623. The van der Waals surface area contributed by atoms with Crippen molar-refractivity contribution >= 4 is 49.9 Å². The molecular weight excluding hydrogens is 370 g/mol. The topological polar surface area (TPSA) is 41.6 Å². The van der Waals surface area contributed by atoms with Crippen molar-refractivity contribution < 1.29 is 0 Å². The van der Waals surface area contributed by atoms with Crippen molar-refractivity contribution in [1.29, 1.82) is 5.26 Å². The summed E-state index contributed by atoms with van der Waals surface area (Å²) in [6, 6.07) is 11.9. The number of nitriles is 1. The van der Waals surface area contributed by atoms with Gasteiger partial charge in [-0.25, -0.2) is 4.98 Å². The molecule has 0 N–H and O–H groups in total. The zero-order valence-electron chi connectivity index (χ0n) is 11.0. The largest absolute Gasteiger partial charge is 0.323 e. The van der Waals surface area contributed by atoms with Gasteiger partial charge in [-0.2, -0.15) is 5.26 Å². The highest BCUT2D eigenvalue weighted by molar-refractivity contribution is 9.11. The number of imidazole rings is 1. The SMILES string of the molecule is N#Cc1ccc2nc(CCCl)n(Cc3ccc(Br)s3)c2c1. The first-order valence-corrected chi connectivity index (χ1v) is 8.55. The summed E-state index contributed by atoms with van der Waals surface area (Å²) in [6.45, 7) is 0.744. The number of nitrogens with zero attached hydrogens (tertiary/aromatic N) is 3. The minimum absolute atomic E-state index is 0.530. The van der Waals surface area contributed by atoms with Gasteiger partial charge in [-0.1, -0.05) is 0 Å². The molecule has 0 aliphatic rings. The monoisotopic (exact) mass is 379 g/mol. The van der Waals surface area contributed by atoms with Crippen molar-refractivity contribution in [2.75, 3.05) is 5.88 Å². The van der Waals surface area contributed by atoms with Gasteiger partial charge >= 0.3 is 0 Å². The summed E-state index contributed by atoms with van der Waals surface area (Å²) < 4.78 is 3.26. The van der Waals surface area contributed by atoms with Gasteiger partial charge in [0.25, 0.3) is 0 Å². The van der Waals surface area contributed by atoms with Crippen molar-refractivity contribution in [3.05, 3.63) is 50.4 Å². The predicted molar refractivity (Wildman–Crippen MR) is 90.0 cm³/mol. The molecule has 2 heterocycles. The molecule has 0 aliphatic heterocycles. The van der Waals surface area contributed by atoms with E-state index >= 15 is 0 Å². The second kappa shape index (κ2) is 6.18. The second-order valence-electron chi connectivity index (χ2n) is 4.57. The van der Waals surface area contributed by atoms with Gasteiger partial charge in [-0.15, -0.1) is 22.9 Å².